The van der Waals surface area contributed by atoms with Crippen molar-refractivity contribution < 1.29 is 23.9 Å². The molecule has 7 heteroatoms. The quantitative estimate of drug-likeness (QED) is 0.701. The van der Waals surface area contributed by atoms with Crippen molar-refractivity contribution in [1.82, 2.24) is 10.6 Å². The van der Waals surface area contributed by atoms with Gasteiger partial charge in [-0.15, -0.1) is 0 Å². The molecule has 1 fully saturated rings. The minimum Gasteiger partial charge on any atom is -0.489 e. The monoisotopic (exact) mass is 396 g/mol. The molecule has 152 valence electrons. The van der Waals surface area contributed by atoms with E-state index in [-0.39, 0.29) is 11.6 Å². The molecular weight excluding hydrogens is 372 g/mol. The summed E-state index contributed by atoms with van der Waals surface area (Å²) in [5, 5.41) is 4.91. The van der Waals surface area contributed by atoms with Crippen molar-refractivity contribution in [3.8, 4) is 5.75 Å². The van der Waals surface area contributed by atoms with Gasteiger partial charge in [0.05, 0.1) is 5.56 Å². The first-order chi connectivity index (χ1) is 14.1. The number of amides is 3. The predicted molar refractivity (Wildman–Crippen MR) is 106 cm³/mol. The lowest BCUT2D eigenvalue weighted by Crippen LogP contribution is -2.44. The van der Waals surface area contributed by atoms with Gasteiger partial charge in [-0.2, -0.15) is 0 Å². The summed E-state index contributed by atoms with van der Waals surface area (Å²) in [6.07, 6.45) is 3.98. The van der Waals surface area contributed by atoms with Crippen molar-refractivity contribution in [3.05, 3.63) is 65.7 Å². The van der Waals surface area contributed by atoms with Crippen molar-refractivity contribution in [2.24, 2.45) is 0 Å². The molecule has 2 aromatic rings. The Hall–Kier alpha value is -3.35. The number of carbonyl (C=O) groups is 3. The molecule has 2 N–H and O–H groups in total. The summed E-state index contributed by atoms with van der Waals surface area (Å²) in [5.41, 5.74) is 1.27. The number of ether oxygens (including phenoxy) is 2. The smallest absolute Gasteiger partial charge is 0.338 e. The normalized spacial score (nSPS) is 13.5. The van der Waals surface area contributed by atoms with E-state index in [0.29, 0.717) is 12.4 Å². The Morgan fingerprint density at radius 2 is 1.72 bits per heavy atom. The largest absolute Gasteiger partial charge is 0.489 e. The van der Waals surface area contributed by atoms with Gasteiger partial charge in [-0.3, -0.25) is 10.1 Å². The van der Waals surface area contributed by atoms with Gasteiger partial charge in [0, 0.05) is 6.04 Å². The third-order valence-electron chi connectivity index (χ3n) is 4.60. The Bertz CT molecular complexity index is 847. The molecule has 0 aromatic heterocycles. The van der Waals surface area contributed by atoms with Gasteiger partial charge in [-0.25, -0.2) is 9.59 Å². The van der Waals surface area contributed by atoms with Crippen molar-refractivity contribution >= 4 is 17.9 Å². The fourth-order valence-corrected chi connectivity index (χ4v) is 3.12. The summed E-state index contributed by atoms with van der Waals surface area (Å²) >= 11 is 0. The van der Waals surface area contributed by atoms with E-state index >= 15 is 0 Å². The van der Waals surface area contributed by atoms with Crippen molar-refractivity contribution in [1.29, 1.82) is 0 Å². The maximum absolute atomic E-state index is 12.2. The number of benzene rings is 2. The highest BCUT2D eigenvalue weighted by molar-refractivity contribution is 5.97. The van der Waals surface area contributed by atoms with Crippen molar-refractivity contribution in [3.63, 3.8) is 0 Å². The average Bonchev–Trinajstić information content (AvgIpc) is 3.24. The van der Waals surface area contributed by atoms with E-state index in [9.17, 15) is 14.4 Å². The van der Waals surface area contributed by atoms with E-state index in [1.807, 2.05) is 30.3 Å². The SMILES string of the molecule is O=C(COC(=O)c1cccc(OCc2ccccc2)c1)NC(=O)NC1CCCC1. The topological polar surface area (TPSA) is 93.7 Å². The summed E-state index contributed by atoms with van der Waals surface area (Å²) in [7, 11) is 0. The van der Waals surface area contributed by atoms with Gasteiger partial charge in [0.15, 0.2) is 6.61 Å². The van der Waals surface area contributed by atoms with Gasteiger partial charge in [-0.05, 0) is 36.6 Å². The molecule has 1 aliphatic carbocycles. The Labute approximate surface area is 169 Å². The van der Waals surface area contributed by atoms with Crippen molar-refractivity contribution in [2.75, 3.05) is 6.61 Å². The number of imide groups is 1. The summed E-state index contributed by atoms with van der Waals surface area (Å²) in [4.78, 5) is 35.8. The second-order valence-corrected chi connectivity index (χ2v) is 6.88. The van der Waals surface area contributed by atoms with Crippen LogP contribution in [0.15, 0.2) is 54.6 Å². The first-order valence-electron chi connectivity index (χ1n) is 9.64. The van der Waals surface area contributed by atoms with Gasteiger partial charge in [0.25, 0.3) is 5.91 Å². The number of urea groups is 1. The number of rotatable bonds is 7. The molecule has 7 nitrogen and oxygen atoms in total. The van der Waals surface area contributed by atoms with E-state index < -0.39 is 24.5 Å². The van der Waals surface area contributed by atoms with Gasteiger partial charge in [-0.1, -0.05) is 49.2 Å². The standard InChI is InChI=1S/C22H24N2O5/c25-20(24-22(27)23-18-10-4-5-11-18)15-29-21(26)17-9-6-12-19(13-17)28-14-16-7-2-1-3-8-16/h1-3,6-9,12-13,18H,4-5,10-11,14-15H2,(H2,23,24,25,27). The van der Waals surface area contributed by atoms with Crippen LogP contribution in [0.4, 0.5) is 4.79 Å². The Morgan fingerprint density at radius 1 is 0.966 bits per heavy atom. The third-order valence-corrected chi connectivity index (χ3v) is 4.60. The zero-order valence-corrected chi connectivity index (χ0v) is 16.1. The molecule has 0 aliphatic heterocycles. The van der Waals surface area contributed by atoms with E-state index in [1.54, 1.807) is 24.3 Å². The number of hydrogen-bond acceptors (Lipinski definition) is 5. The Kier molecular flexibility index (Phi) is 7.22. The fraction of sp³-hybridized carbons (Fsp3) is 0.318. The van der Waals surface area contributed by atoms with Gasteiger partial charge in [0.2, 0.25) is 0 Å². The minimum absolute atomic E-state index is 0.101. The lowest BCUT2D eigenvalue weighted by Gasteiger charge is -2.12. The predicted octanol–water partition coefficient (Wildman–Crippen LogP) is 3.19. The molecule has 1 saturated carbocycles. The second kappa shape index (κ2) is 10.3. The number of carbonyl (C=O) groups excluding carboxylic acids is 3. The van der Waals surface area contributed by atoms with Crippen LogP contribution < -0.4 is 15.4 Å². The summed E-state index contributed by atoms with van der Waals surface area (Å²) < 4.78 is 10.7. The third kappa shape index (κ3) is 6.64. The minimum atomic E-state index is -0.676. The van der Waals surface area contributed by atoms with Crippen LogP contribution in [0.1, 0.15) is 41.6 Å². The van der Waals surface area contributed by atoms with Crippen LogP contribution >= 0.6 is 0 Å². The zero-order chi connectivity index (χ0) is 20.5. The molecule has 0 bridgehead atoms. The molecule has 0 unspecified atom stereocenters. The molecule has 3 rings (SSSR count). The fourth-order valence-electron chi connectivity index (χ4n) is 3.12. The Morgan fingerprint density at radius 3 is 2.48 bits per heavy atom. The molecule has 2 aromatic carbocycles. The molecule has 1 aliphatic rings. The van der Waals surface area contributed by atoms with Gasteiger partial charge < -0.3 is 14.8 Å². The summed E-state index contributed by atoms with van der Waals surface area (Å²) in [6, 6.07) is 15.7. The molecular formula is C22H24N2O5. The van der Waals surface area contributed by atoms with Gasteiger partial charge in [0.1, 0.15) is 12.4 Å². The first kappa shape index (κ1) is 20.4. The van der Waals surface area contributed by atoms with Crippen LogP contribution in [0, 0.1) is 0 Å². The number of nitrogens with one attached hydrogen (secondary N) is 2. The number of hydrogen-bond donors (Lipinski definition) is 2. The second-order valence-electron chi connectivity index (χ2n) is 6.88. The van der Waals surface area contributed by atoms with E-state index in [0.717, 1.165) is 31.2 Å². The molecule has 0 radical (unpaired) electrons. The van der Waals surface area contributed by atoms with E-state index in [2.05, 4.69) is 10.6 Å². The van der Waals surface area contributed by atoms with Crippen molar-refractivity contribution in [2.45, 2.75) is 38.3 Å². The lowest BCUT2D eigenvalue weighted by atomic mass is 10.2. The number of esters is 1. The molecule has 0 saturated heterocycles. The average molecular weight is 396 g/mol. The molecule has 29 heavy (non-hydrogen) atoms. The highest BCUT2D eigenvalue weighted by Crippen LogP contribution is 2.17. The molecule has 0 spiro atoms. The van der Waals surface area contributed by atoms with E-state index in [4.69, 9.17) is 9.47 Å². The Balaban J connectivity index is 1.43. The zero-order valence-electron chi connectivity index (χ0n) is 16.1. The summed E-state index contributed by atoms with van der Waals surface area (Å²) in [6.45, 7) is -0.163. The van der Waals surface area contributed by atoms with Crippen LogP contribution in [-0.2, 0) is 16.1 Å². The van der Waals surface area contributed by atoms with Crippen LogP contribution in [0.25, 0.3) is 0 Å². The maximum atomic E-state index is 12.2. The molecule has 3 amide bonds. The maximum Gasteiger partial charge on any atom is 0.338 e. The molecule has 0 heterocycles. The van der Waals surface area contributed by atoms with E-state index in [1.165, 1.54) is 0 Å². The lowest BCUT2D eigenvalue weighted by molar-refractivity contribution is -0.123. The highest BCUT2D eigenvalue weighted by atomic mass is 16.5. The molecule has 0 atom stereocenters. The van der Waals surface area contributed by atoms with Crippen LogP contribution in [0.5, 0.6) is 5.75 Å². The summed E-state index contributed by atoms with van der Waals surface area (Å²) in [5.74, 6) is -0.824. The van der Waals surface area contributed by atoms with Crippen LogP contribution in [0.3, 0.4) is 0 Å². The highest BCUT2D eigenvalue weighted by Gasteiger charge is 2.19. The first-order valence-corrected chi connectivity index (χ1v) is 9.64. The van der Waals surface area contributed by atoms with Crippen LogP contribution in [0.2, 0.25) is 0 Å². The van der Waals surface area contributed by atoms with Crippen LogP contribution in [-0.4, -0.2) is 30.6 Å². The van der Waals surface area contributed by atoms with Gasteiger partial charge >= 0.3 is 12.0 Å².